The molecule has 0 atom stereocenters. The Morgan fingerprint density at radius 1 is 1.26 bits per heavy atom. The lowest BCUT2D eigenvalue weighted by molar-refractivity contribution is 0.0689. The van der Waals surface area contributed by atoms with Gasteiger partial charge in [0.05, 0.1) is 7.11 Å². The zero-order valence-electron chi connectivity index (χ0n) is 10.5. The van der Waals surface area contributed by atoms with Crippen LogP contribution in [0.2, 0.25) is 0 Å². The summed E-state index contributed by atoms with van der Waals surface area (Å²) in [6.07, 6.45) is 0. The fourth-order valence-corrected chi connectivity index (χ4v) is 2.26. The van der Waals surface area contributed by atoms with Gasteiger partial charge < -0.3 is 9.84 Å². The smallest absolute Gasteiger partial charge is 0.354 e. The minimum atomic E-state index is -1.05. The number of hydrogen-bond donors (Lipinski definition) is 1. The molecule has 0 unspecified atom stereocenters. The van der Waals surface area contributed by atoms with Gasteiger partial charge in [0.2, 0.25) is 0 Å². The Kier molecular flexibility index (Phi) is 4.01. The van der Waals surface area contributed by atoms with E-state index in [2.05, 4.69) is 9.97 Å². The highest BCUT2D eigenvalue weighted by Gasteiger charge is 2.09. The van der Waals surface area contributed by atoms with E-state index in [0.29, 0.717) is 10.9 Å². The SMILES string of the molecule is COc1ccc(Sc2nc(C)cc(C(=O)O)n2)cc1. The maximum atomic E-state index is 10.9. The van der Waals surface area contributed by atoms with E-state index in [1.165, 1.54) is 17.8 Å². The molecule has 0 fully saturated rings. The standard InChI is InChI=1S/C13H12N2O3S/c1-8-7-11(12(16)17)15-13(14-8)19-10-5-3-9(18-2)4-6-10/h3-7H,1-2H3,(H,16,17). The largest absolute Gasteiger partial charge is 0.497 e. The van der Waals surface area contributed by atoms with Crippen molar-refractivity contribution in [2.24, 2.45) is 0 Å². The quantitative estimate of drug-likeness (QED) is 0.865. The Morgan fingerprint density at radius 2 is 1.95 bits per heavy atom. The average molecular weight is 276 g/mol. The summed E-state index contributed by atoms with van der Waals surface area (Å²) in [4.78, 5) is 20.0. The molecule has 0 radical (unpaired) electrons. The second-order valence-corrected chi connectivity index (χ2v) is 4.80. The molecular weight excluding hydrogens is 264 g/mol. The summed E-state index contributed by atoms with van der Waals surface area (Å²) in [7, 11) is 1.60. The van der Waals surface area contributed by atoms with Crippen molar-refractivity contribution in [2.45, 2.75) is 17.0 Å². The van der Waals surface area contributed by atoms with Gasteiger partial charge in [0, 0.05) is 10.6 Å². The van der Waals surface area contributed by atoms with Gasteiger partial charge >= 0.3 is 5.97 Å². The van der Waals surface area contributed by atoms with E-state index in [4.69, 9.17) is 9.84 Å². The van der Waals surface area contributed by atoms with E-state index in [1.807, 2.05) is 24.3 Å². The number of rotatable bonds is 4. The van der Waals surface area contributed by atoms with Crippen molar-refractivity contribution in [2.75, 3.05) is 7.11 Å². The lowest BCUT2D eigenvalue weighted by Crippen LogP contribution is -2.03. The molecule has 19 heavy (non-hydrogen) atoms. The molecule has 0 aliphatic heterocycles. The molecule has 1 aromatic heterocycles. The van der Waals surface area contributed by atoms with Gasteiger partial charge in [-0.3, -0.25) is 0 Å². The van der Waals surface area contributed by atoms with Crippen LogP contribution in [0.25, 0.3) is 0 Å². The number of carboxylic acids is 1. The van der Waals surface area contributed by atoms with Crippen LogP contribution in [0.1, 0.15) is 16.2 Å². The van der Waals surface area contributed by atoms with Crippen LogP contribution in [0.5, 0.6) is 5.75 Å². The Bertz CT molecular complexity index is 599. The van der Waals surface area contributed by atoms with Crippen LogP contribution in [0.4, 0.5) is 0 Å². The number of benzene rings is 1. The monoisotopic (exact) mass is 276 g/mol. The van der Waals surface area contributed by atoms with Crippen molar-refractivity contribution >= 4 is 17.7 Å². The second kappa shape index (κ2) is 5.71. The maximum absolute atomic E-state index is 10.9. The summed E-state index contributed by atoms with van der Waals surface area (Å²) in [5.74, 6) is -0.289. The summed E-state index contributed by atoms with van der Waals surface area (Å²) < 4.78 is 5.07. The summed E-state index contributed by atoms with van der Waals surface area (Å²) in [6.45, 7) is 1.74. The number of aromatic nitrogens is 2. The molecule has 0 saturated heterocycles. The van der Waals surface area contributed by atoms with E-state index < -0.39 is 5.97 Å². The molecule has 6 heteroatoms. The number of ether oxygens (including phenoxy) is 1. The molecule has 98 valence electrons. The topological polar surface area (TPSA) is 72.3 Å². The number of aromatic carboxylic acids is 1. The van der Waals surface area contributed by atoms with E-state index in [1.54, 1.807) is 14.0 Å². The first-order valence-electron chi connectivity index (χ1n) is 5.49. The van der Waals surface area contributed by atoms with Crippen molar-refractivity contribution in [3.8, 4) is 5.75 Å². The molecule has 0 spiro atoms. The minimum absolute atomic E-state index is 0.00325. The molecule has 1 heterocycles. The predicted octanol–water partition coefficient (Wildman–Crippen LogP) is 2.64. The predicted molar refractivity (Wildman–Crippen MR) is 70.8 cm³/mol. The fourth-order valence-electron chi connectivity index (χ4n) is 1.45. The molecule has 1 N–H and O–H groups in total. The Morgan fingerprint density at radius 3 is 2.53 bits per heavy atom. The van der Waals surface area contributed by atoms with Gasteiger partial charge in [0.15, 0.2) is 10.9 Å². The van der Waals surface area contributed by atoms with Gasteiger partial charge in [-0.2, -0.15) is 0 Å². The van der Waals surface area contributed by atoms with Crippen LogP contribution in [0.3, 0.4) is 0 Å². The number of carboxylic acid groups (broad SMARTS) is 1. The van der Waals surface area contributed by atoms with Crippen molar-refractivity contribution in [1.29, 1.82) is 0 Å². The third kappa shape index (κ3) is 3.45. The number of hydrogen-bond acceptors (Lipinski definition) is 5. The van der Waals surface area contributed by atoms with Gasteiger partial charge in [0.1, 0.15) is 5.75 Å². The first-order chi connectivity index (χ1) is 9.08. The maximum Gasteiger partial charge on any atom is 0.354 e. The molecule has 0 bridgehead atoms. The van der Waals surface area contributed by atoms with Gasteiger partial charge in [-0.1, -0.05) is 0 Å². The summed E-state index contributed by atoms with van der Waals surface area (Å²) in [6, 6.07) is 8.85. The summed E-state index contributed by atoms with van der Waals surface area (Å²) >= 11 is 1.31. The van der Waals surface area contributed by atoms with E-state index in [-0.39, 0.29) is 5.69 Å². The molecule has 1 aromatic carbocycles. The number of aryl methyl sites for hydroxylation is 1. The highest BCUT2D eigenvalue weighted by molar-refractivity contribution is 7.99. The van der Waals surface area contributed by atoms with E-state index >= 15 is 0 Å². The van der Waals surface area contributed by atoms with Crippen LogP contribution >= 0.6 is 11.8 Å². The van der Waals surface area contributed by atoms with Crippen molar-refractivity contribution in [1.82, 2.24) is 9.97 Å². The normalized spacial score (nSPS) is 10.2. The zero-order chi connectivity index (χ0) is 13.8. The van der Waals surface area contributed by atoms with Gasteiger partial charge in [0.25, 0.3) is 0 Å². The zero-order valence-corrected chi connectivity index (χ0v) is 11.3. The van der Waals surface area contributed by atoms with Gasteiger partial charge in [-0.05, 0) is 49.0 Å². The van der Waals surface area contributed by atoms with Crippen LogP contribution in [-0.2, 0) is 0 Å². The molecule has 0 amide bonds. The fraction of sp³-hybridized carbons (Fsp3) is 0.154. The minimum Gasteiger partial charge on any atom is -0.497 e. The number of nitrogens with zero attached hydrogens (tertiary/aromatic N) is 2. The highest BCUT2D eigenvalue weighted by Crippen LogP contribution is 2.26. The van der Waals surface area contributed by atoms with Gasteiger partial charge in [-0.25, -0.2) is 14.8 Å². The summed E-state index contributed by atoms with van der Waals surface area (Å²) in [5, 5.41) is 9.37. The molecule has 0 aliphatic carbocycles. The lowest BCUT2D eigenvalue weighted by atomic mass is 10.3. The van der Waals surface area contributed by atoms with Crippen LogP contribution in [-0.4, -0.2) is 28.2 Å². The van der Waals surface area contributed by atoms with Crippen LogP contribution in [0, 0.1) is 6.92 Å². The Labute approximate surface area is 114 Å². The van der Waals surface area contributed by atoms with Crippen molar-refractivity contribution in [3.63, 3.8) is 0 Å². The first-order valence-corrected chi connectivity index (χ1v) is 6.31. The average Bonchev–Trinajstić information content (AvgIpc) is 2.39. The van der Waals surface area contributed by atoms with Crippen LogP contribution in [0.15, 0.2) is 40.4 Å². The van der Waals surface area contributed by atoms with Crippen molar-refractivity contribution < 1.29 is 14.6 Å². The molecular formula is C13H12N2O3S. The van der Waals surface area contributed by atoms with Crippen LogP contribution < -0.4 is 4.74 Å². The third-order valence-electron chi connectivity index (χ3n) is 2.32. The molecule has 0 saturated carbocycles. The van der Waals surface area contributed by atoms with E-state index in [9.17, 15) is 4.79 Å². The summed E-state index contributed by atoms with van der Waals surface area (Å²) in [5.41, 5.74) is 0.631. The van der Waals surface area contributed by atoms with E-state index in [0.717, 1.165) is 10.6 Å². The molecule has 0 aliphatic rings. The molecule has 5 nitrogen and oxygen atoms in total. The first kappa shape index (κ1) is 13.4. The highest BCUT2D eigenvalue weighted by atomic mass is 32.2. The lowest BCUT2D eigenvalue weighted by Gasteiger charge is -2.04. The Hall–Kier alpha value is -2.08. The molecule has 2 aromatic rings. The Balaban J connectivity index is 2.24. The number of methoxy groups -OCH3 is 1. The van der Waals surface area contributed by atoms with Gasteiger partial charge in [-0.15, -0.1) is 0 Å². The second-order valence-electron chi connectivity index (χ2n) is 3.76. The third-order valence-corrected chi connectivity index (χ3v) is 3.19. The number of carbonyl (C=O) groups is 1. The van der Waals surface area contributed by atoms with Crippen molar-refractivity contribution in [3.05, 3.63) is 41.7 Å². The molecule has 2 rings (SSSR count).